The Kier molecular flexibility index (Phi) is 3.75. The van der Waals surface area contributed by atoms with E-state index in [1.54, 1.807) is 0 Å². The lowest BCUT2D eigenvalue weighted by molar-refractivity contribution is 1.48. The molecule has 0 heterocycles. The molecule has 0 nitrogen and oxygen atoms in total. The van der Waals surface area contributed by atoms with Crippen LogP contribution < -0.4 is 0 Å². The van der Waals surface area contributed by atoms with Crippen molar-refractivity contribution in [2.45, 2.75) is 13.8 Å². The highest BCUT2D eigenvalue weighted by molar-refractivity contribution is 6.34. The Morgan fingerprint density at radius 2 is 1.00 bits per heavy atom. The second-order valence-electron chi connectivity index (χ2n) is 11.1. The number of fused-ring (bicyclic) bond motifs is 5. The Labute approximate surface area is 221 Å². The van der Waals surface area contributed by atoms with Gasteiger partial charge in [0.1, 0.15) is 0 Å². The van der Waals surface area contributed by atoms with Gasteiger partial charge in [0.25, 0.3) is 0 Å². The maximum atomic E-state index is 2.49. The van der Waals surface area contributed by atoms with E-state index < -0.39 is 0 Å². The molecule has 0 N–H and O–H groups in total. The van der Waals surface area contributed by atoms with Crippen molar-refractivity contribution in [2.24, 2.45) is 0 Å². The zero-order chi connectivity index (χ0) is 25.1. The molecule has 0 unspecified atom stereocenters. The van der Waals surface area contributed by atoms with Crippen molar-refractivity contribution >= 4 is 53.9 Å². The Balaban J connectivity index is 1.55. The minimum Gasteiger partial charge on any atom is -0.0622 e. The molecule has 176 valence electrons. The molecule has 0 aliphatic heterocycles. The van der Waals surface area contributed by atoms with E-state index in [-0.39, 0.29) is 0 Å². The van der Waals surface area contributed by atoms with Crippen LogP contribution in [0.1, 0.15) is 11.1 Å². The first-order valence-corrected chi connectivity index (χ1v) is 13.4. The zero-order valence-electron chi connectivity index (χ0n) is 21.4. The molecule has 9 rings (SSSR count). The van der Waals surface area contributed by atoms with Crippen LogP contribution in [0.4, 0.5) is 0 Å². The lowest BCUT2D eigenvalue weighted by Crippen LogP contribution is -1.91. The fraction of sp³-hybridized carbons (Fsp3) is 0.0526. The van der Waals surface area contributed by atoms with Gasteiger partial charge in [-0.2, -0.15) is 0 Å². The molecule has 8 aromatic carbocycles. The maximum absolute atomic E-state index is 2.49. The molecule has 0 bridgehead atoms. The third-order valence-electron chi connectivity index (χ3n) is 8.74. The van der Waals surface area contributed by atoms with Crippen LogP contribution in [0.2, 0.25) is 0 Å². The van der Waals surface area contributed by atoms with Gasteiger partial charge in [0.2, 0.25) is 0 Å². The molecule has 0 saturated carbocycles. The van der Waals surface area contributed by atoms with Crippen LogP contribution >= 0.6 is 0 Å². The summed E-state index contributed by atoms with van der Waals surface area (Å²) < 4.78 is 0. The fourth-order valence-corrected chi connectivity index (χ4v) is 7.29. The minimum atomic E-state index is 1.27. The number of hydrogen-bond donors (Lipinski definition) is 0. The van der Waals surface area contributed by atoms with Gasteiger partial charge < -0.3 is 0 Å². The summed E-state index contributed by atoms with van der Waals surface area (Å²) in [5, 5.41) is 13.5. The summed E-state index contributed by atoms with van der Waals surface area (Å²) in [7, 11) is 0. The van der Waals surface area contributed by atoms with Gasteiger partial charge in [-0.05, 0) is 124 Å². The molecule has 0 heteroatoms. The number of benzene rings is 8. The van der Waals surface area contributed by atoms with E-state index >= 15 is 0 Å². The average molecular weight is 481 g/mol. The van der Waals surface area contributed by atoms with E-state index in [2.05, 4.69) is 123 Å². The van der Waals surface area contributed by atoms with Gasteiger partial charge in [-0.25, -0.2) is 0 Å². The molecule has 1 aliphatic carbocycles. The summed E-state index contributed by atoms with van der Waals surface area (Å²) in [6.45, 7) is 4.44. The first-order valence-electron chi connectivity index (χ1n) is 13.4. The SMILES string of the molecule is Cc1cc2c3c(cc(C)cc3c1)-c1cc3c(cc1-2)c(-c1ccccc1)c1ccc2cccc4ccc3c1c24. The first kappa shape index (κ1) is 20.4. The van der Waals surface area contributed by atoms with Crippen LogP contribution in [0.5, 0.6) is 0 Å². The van der Waals surface area contributed by atoms with Crippen LogP contribution in [0.25, 0.3) is 87.2 Å². The summed E-state index contributed by atoms with van der Waals surface area (Å²) in [5.74, 6) is 0. The number of aryl methyl sites for hydroxylation is 2. The number of rotatable bonds is 1. The summed E-state index contributed by atoms with van der Waals surface area (Å²) in [6, 6.07) is 41.4. The molecule has 38 heavy (non-hydrogen) atoms. The van der Waals surface area contributed by atoms with Gasteiger partial charge in [-0.3, -0.25) is 0 Å². The van der Waals surface area contributed by atoms with E-state index in [0.717, 1.165) is 0 Å². The molecule has 0 fully saturated rings. The zero-order valence-corrected chi connectivity index (χ0v) is 21.4. The predicted octanol–water partition coefficient (Wildman–Crippen LogP) is 10.8. The average Bonchev–Trinajstić information content (AvgIpc) is 3.23. The van der Waals surface area contributed by atoms with Gasteiger partial charge in [-0.15, -0.1) is 0 Å². The molecule has 8 aromatic rings. The van der Waals surface area contributed by atoms with Crippen LogP contribution in [-0.4, -0.2) is 0 Å². The van der Waals surface area contributed by atoms with Gasteiger partial charge in [-0.1, -0.05) is 97.1 Å². The monoisotopic (exact) mass is 480 g/mol. The third kappa shape index (κ3) is 2.50. The van der Waals surface area contributed by atoms with Crippen molar-refractivity contribution in [3.63, 3.8) is 0 Å². The van der Waals surface area contributed by atoms with E-state index in [9.17, 15) is 0 Å². The second-order valence-corrected chi connectivity index (χ2v) is 11.1. The third-order valence-corrected chi connectivity index (χ3v) is 8.74. The van der Waals surface area contributed by atoms with Crippen molar-refractivity contribution in [1.82, 2.24) is 0 Å². The normalized spacial score (nSPS) is 12.5. The van der Waals surface area contributed by atoms with Gasteiger partial charge >= 0.3 is 0 Å². The molecular weight excluding hydrogens is 456 g/mol. The highest BCUT2D eigenvalue weighted by Crippen LogP contribution is 2.52. The van der Waals surface area contributed by atoms with Crippen molar-refractivity contribution < 1.29 is 0 Å². The molecule has 0 amide bonds. The largest absolute Gasteiger partial charge is 0.0622 e. The lowest BCUT2D eigenvalue weighted by atomic mass is 9.84. The van der Waals surface area contributed by atoms with Crippen molar-refractivity contribution in [2.75, 3.05) is 0 Å². The summed E-state index contributed by atoms with van der Waals surface area (Å²) in [4.78, 5) is 0. The fourth-order valence-electron chi connectivity index (χ4n) is 7.29. The molecule has 0 radical (unpaired) electrons. The maximum Gasteiger partial charge on any atom is -0.00141 e. The van der Waals surface area contributed by atoms with E-state index in [4.69, 9.17) is 0 Å². The van der Waals surface area contributed by atoms with Crippen molar-refractivity contribution in [3.8, 4) is 33.4 Å². The lowest BCUT2D eigenvalue weighted by Gasteiger charge is -2.19. The van der Waals surface area contributed by atoms with E-state index in [1.165, 1.54) is 98.4 Å². The molecule has 0 aromatic heterocycles. The molecule has 0 spiro atoms. The Hall–Kier alpha value is -4.68. The summed E-state index contributed by atoms with van der Waals surface area (Å²) in [5.41, 5.74) is 10.7. The van der Waals surface area contributed by atoms with Gasteiger partial charge in [0.05, 0.1) is 0 Å². The highest BCUT2D eigenvalue weighted by atomic mass is 14.3. The summed E-state index contributed by atoms with van der Waals surface area (Å²) >= 11 is 0. The molecular formula is C38H24. The quantitative estimate of drug-likeness (QED) is 0.162. The molecule has 0 atom stereocenters. The molecule has 1 aliphatic rings. The van der Waals surface area contributed by atoms with Crippen LogP contribution in [0, 0.1) is 13.8 Å². The Morgan fingerprint density at radius 1 is 0.368 bits per heavy atom. The Bertz CT molecular complexity index is 2260. The topological polar surface area (TPSA) is 0 Å². The minimum absolute atomic E-state index is 1.27. The Morgan fingerprint density at radius 3 is 1.68 bits per heavy atom. The van der Waals surface area contributed by atoms with Crippen LogP contribution in [0.3, 0.4) is 0 Å². The predicted molar refractivity (Wildman–Crippen MR) is 164 cm³/mol. The van der Waals surface area contributed by atoms with Crippen LogP contribution in [0.15, 0.2) is 109 Å². The van der Waals surface area contributed by atoms with Crippen LogP contribution in [-0.2, 0) is 0 Å². The van der Waals surface area contributed by atoms with Crippen molar-refractivity contribution in [3.05, 3.63) is 120 Å². The number of hydrogen-bond acceptors (Lipinski definition) is 0. The standard InChI is InChI=1S/C38H24/c1-21-15-26-16-22(2)18-33-31-20-34-29(19-30(31)32(17-21)37(26)33)27-13-11-24-9-6-10-25-12-14-28(38(27)35(24)25)36(34)23-7-4-3-5-8-23/h3-20H,1-2H3. The van der Waals surface area contributed by atoms with Gasteiger partial charge in [0, 0.05) is 0 Å². The second kappa shape index (κ2) is 7.00. The highest BCUT2D eigenvalue weighted by Gasteiger charge is 2.25. The van der Waals surface area contributed by atoms with E-state index in [1.807, 2.05) is 0 Å². The molecule has 0 saturated heterocycles. The summed E-state index contributed by atoms with van der Waals surface area (Å²) in [6.07, 6.45) is 0. The first-order chi connectivity index (χ1) is 18.7. The van der Waals surface area contributed by atoms with Gasteiger partial charge in [0.15, 0.2) is 0 Å². The smallest absolute Gasteiger partial charge is 0.00141 e. The van der Waals surface area contributed by atoms with Crippen molar-refractivity contribution in [1.29, 1.82) is 0 Å². The van der Waals surface area contributed by atoms with E-state index in [0.29, 0.717) is 0 Å².